The number of carbonyl (C=O) groups excluding carboxylic acids is 1. The number of nitro groups is 1. The predicted molar refractivity (Wildman–Crippen MR) is 111 cm³/mol. The number of carbonyl (C=O) groups is 1. The first-order valence-corrected chi connectivity index (χ1v) is 10.2. The molecule has 0 spiro atoms. The Bertz CT molecular complexity index is 1230. The molecule has 29 heavy (non-hydrogen) atoms. The van der Waals surface area contributed by atoms with Gasteiger partial charge in [0.15, 0.2) is 0 Å². The number of nitrogens with zero attached hydrogens (tertiary/aromatic N) is 4. The minimum Gasteiger partial charge on any atom is -0.337 e. The zero-order valence-electron chi connectivity index (χ0n) is 15.8. The van der Waals surface area contributed by atoms with Gasteiger partial charge in [0.2, 0.25) is 0 Å². The molecule has 0 aliphatic carbocycles. The number of benzene rings is 1. The van der Waals surface area contributed by atoms with E-state index in [9.17, 15) is 19.7 Å². The van der Waals surface area contributed by atoms with Crippen molar-refractivity contribution in [3.05, 3.63) is 65.5 Å². The zero-order valence-corrected chi connectivity index (χ0v) is 17.3. The van der Waals surface area contributed by atoms with Crippen LogP contribution < -0.4 is 5.56 Å². The average molecular weight is 433 g/mol. The summed E-state index contributed by atoms with van der Waals surface area (Å²) >= 11 is 7.36. The molecule has 3 aromatic rings. The van der Waals surface area contributed by atoms with Crippen LogP contribution in [0.25, 0.3) is 10.2 Å². The largest absolute Gasteiger partial charge is 0.337 e. The number of halogens is 1. The van der Waals surface area contributed by atoms with Crippen molar-refractivity contribution < 1.29 is 9.72 Å². The number of thiophene rings is 1. The Morgan fingerprint density at radius 1 is 1.45 bits per heavy atom. The van der Waals surface area contributed by atoms with Crippen molar-refractivity contribution >= 4 is 44.7 Å². The SMILES string of the molecule is Cc1c(C(=O)N(C)Cc2cc([N+](=O)[O-])ccc2Cl)sc2nc3n(c(=O)c12)CCC3. The number of aromatic nitrogens is 2. The van der Waals surface area contributed by atoms with Crippen LogP contribution in [-0.4, -0.2) is 32.3 Å². The van der Waals surface area contributed by atoms with E-state index in [0.29, 0.717) is 37.8 Å². The highest BCUT2D eigenvalue weighted by Gasteiger charge is 2.25. The van der Waals surface area contributed by atoms with E-state index in [1.807, 2.05) is 0 Å². The van der Waals surface area contributed by atoms with E-state index < -0.39 is 4.92 Å². The number of fused-ring (bicyclic) bond motifs is 2. The number of amides is 1. The molecule has 1 aromatic carbocycles. The molecule has 0 N–H and O–H groups in total. The standard InChI is InChI=1S/C19H17ClN4O4S/c1-10-15-17(21-14-4-3-7-23(14)18(15)25)29-16(10)19(26)22(2)9-11-8-12(24(27)28)5-6-13(11)20/h5-6,8H,3-4,7,9H2,1-2H3. The summed E-state index contributed by atoms with van der Waals surface area (Å²) in [6, 6.07) is 4.13. The summed E-state index contributed by atoms with van der Waals surface area (Å²) in [5, 5.41) is 11.8. The quantitative estimate of drug-likeness (QED) is 0.463. The molecule has 1 aliphatic heterocycles. The molecule has 0 radical (unpaired) electrons. The monoisotopic (exact) mass is 432 g/mol. The van der Waals surface area contributed by atoms with Crippen molar-refractivity contribution in [1.82, 2.24) is 14.5 Å². The summed E-state index contributed by atoms with van der Waals surface area (Å²) in [6.07, 6.45) is 1.66. The van der Waals surface area contributed by atoms with Crippen molar-refractivity contribution in [3.8, 4) is 0 Å². The van der Waals surface area contributed by atoms with Gasteiger partial charge in [-0.15, -0.1) is 11.3 Å². The lowest BCUT2D eigenvalue weighted by Crippen LogP contribution is -2.26. The summed E-state index contributed by atoms with van der Waals surface area (Å²) < 4.78 is 1.68. The highest BCUT2D eigenvalue weighted by molar-refractivity contribution is 7.20. The van der Waals surface area contributed by atoms with Crippen LogP contribution in [0, 0.1) is 17.0 Å². The van der Waals surface area contributed by atoms with Crippen LogP contribution in [-0.2, 0) is 19.5 Å². The predicted octanol–water partition coefficient (Wildman–Crippen LogP) is 3.55. The number of non-ortho nitro benzene ring substituents is 1. The molecule has 4 rings (SSSR count). The third-order valence-corrected chi connectivity index (χ3v) is 6.64. The van der Waals surface area contributed by atoms with Crippen LogP contribution >= 0.6 is 22.9 Å². The Morgan fingerprint density at radius 2 is 2.21 bits per heavy atom. The van der Waals surface area contributed by atoms with E-state index in [1.54, 1.807) is 18.5 Å². The molecule has 0 unspecified atom stereocenters. The molecule has 0 atom stereocenters. The third kappa shape index (κ3) is 3.30. The first-order chi connectivity index (χ1) is 13.8. The van der Waals surface area contributed by atoms with Crippen molar-refractivity contribution in [2.24, 2.45) is 0 Å². The van der Waals surface area contributed by atoms with Gasteiger partial charge < -0.3 is 4.90 Å². The van der Waals surface area contributed by atoms with E-state index >= 15 is 0 Å². The zero-order chi connectivity index (χ0) is 20.9. The lowest BCUT2D eigenvalue weighted by atomic mass is 10.1. The molecule has 0 fully saturated rings. The molecule has 0 bridgehead atoms. The minimum absolute atomic E-state index is 0.0879. The van der Waals surface area contributed by atoms with Crippen molar-refractivity contribution in [2.75, 3.05) is 7.05 Å². The number of rotatable bonds is 4. The molecule has 1 amide bonds. The van der Waals surface area contributed by atoms with Crippen LogP contribution in [0.15, 0.2) is 23.0 Å². The maximum atomic E-state index is 13.1. The Kier molecular flexibility index (Phi) is 4.87. The summed E-state index contributed by atoms with van der Waals surface area (Å²) in [4.78, 5) is 43.4. The average Bonchev–Trinajstić information content (AvgIpc) is 3.27. The molecule has 10 heteroatoms. The topological polar surface area (TPSA) is 98.3 Å². The second-order valence-electron chi connectivity index (χ2n) is 7.02. The van der Waals surface area contributed by atoms with Gasteiger partial charge >= 0.3 is 0 Å². The number of nitro benzene ring substituents is 1. The van der Waals surface area contributed by atoms with E-state index in [2.05, 4.69) is 4.98 Å². The highest BCUT2D eigenvalue weighted by Crippen LogP contribution is 2.30. The normalized spacial score (nSPS) is 12.9. The Labute approximate surface area is 174 Å². The van der Waals surface area contributed by atoms with Gasteiger partial charge in [0.1, 0.15) is 10.7 Å². The fourth-order valence-corrected chi connectivity index (χ4v) is 4.94. The smallest absolute Gasteiger partial charge is 0.269 e. The van der Waals surface area contributed by atoms with Gasteiger partial charge in [0, 0.05) is 43.7 Å². The fourth-order valence-electron chi connectivity index (χ4n) is 3.58. The molecule has 0 saturated carbocycles. The second kappa shape index (κ2) is 7.23. The molecule has 8 nitrogen and oxygen atoms in total. The van der Waals surface area contributed by atoms with Gasteiger partial charge in [-0.2, -0.15) is 0 Å². The van der Waals surface area contributed by atoms with Crippen molar-refractivity contribution in [1.29, 1.82) is 0 Å². The lowest BCUT2D eigenvalue weighted by molar-refractivity contribution is -0.384. The van der Waals surface area contributed by atoms with E-state index in [0.717, 1.165) is 18.7 Å². The molecule has 3 heterocycles. The molecule has 2 aromatic heterocycles. The molecular formula is C19H17ClN4O4S. The van der Waals surface area contributed by atoms with Crippen LogP contribution in [0.3, 0.4) is 0 Å². The van der Waals surface area contributed by atoms with Gasteiger partial charge in [-0.3, -0.25) is 24.3 Å². The summed E-state index contributed by atoms with van der Waals surface area (Å²) in [6.45, 7) is 2.52. The van der Waals surface area contributed by atoms with Crippen LogP contribution in [0.5, 0.6) is 0 Å². The minimum atomic E-state index is -0.504. The molecule has 1 aliphatic rings. The fraction of sp³-hybridized carbons (Fsp3) is 0.316. The second-order valence-corrected chi connectivity index (χ2v) is 8.43. The van der Waals surface area contributed by atoms with Gasteiger partial charge in [-0.1, -0.05) is 11.6 Å². The first-order valence-electron chi connectivity index (χ1n) is 8.99. The van der Waals surface area contributed by atoms with E-state index in [-0.39, 0.29) is 23.7 Å². The van der Waals surface area contributed by atoms with Gasteiger partial charge in [0.05, 0.1) is 15.2 Å². The number of hydrogen-bond acceptors (Lipinski definition) is 6. The maximum absolute atomic E-state index is 13.1. The van der Waals surface area contributed by atoms with Gasteiger partial charge in [-0.05, 0) is 30.5 Å². The third-order valence-electron chi connectivity index (χ3n) is 5.10. The number of hydrogen-bond donors (Lipinski definition) is 0. The summed E-state index contributed by atoms with van der Waals surface area (Å²) in [5.41, 5.74) is 0.911. The van der Waals surface area contributed by atoms with E-state index in [4.69, 9.17) is 11.6 Å². The summed E-state index contributed by atoms with van der Waals surface area (Å²) in [5.74, 6) is 0.483. The Hall–Kier alpha value is -2.78. The lowest BCUT2D eigenvalue weighted by Gasteiger charge is -2.17. The van der Waals surface area contributed by atoms with E-state index in [1.165, 1.54) is 34.4 Å². The van der Waals surface area contributed by atoms with Gasteiger partial charge in [-0.25, -0.2) is 4.98 Å². The Morgan fingerprint density at radius 3 is 2.93 bits per heavy atom. The number of aryl methyl sites for hydroxylation is 2. The Balaban J connectivity index is 1.68. The van der Waals surface area contributed by atoms with Crippen LogP contribution in [0.2, 0.25) is 5.02 Å². The maximum Gasteiger partial charge on any atom is 0.269 e. The van der Waals surface area contributed by atoms with Crippen LogP contribution in [0.4, 0.5) is 5.69 Å². The van der Waals surface area contributed by atoms with Crippen molar-refractivity contribution in [3.63, 3.8) is 0 Å². The van der Waals surface area contributed by atoms with Gasteiger partial charge in [0.25, 0.3) is 17.2 Å². The van der Waals surface area contributed by atoms with Crippen molar-refractivity contribution in [2.45, 2.75) is 32.9 Å². The molecule has 0 saturated heterocycles. The summed E-state index contributed by atoms with van der Waals surface area (Å²) in [7, 11) is 1.60. The highest BCUT2D eigenvalue weighted by atomic mass is 35.5. The van der Waals surface area contributed by atoms with Crippen LogP contribution in [0.1, 0.15) is 33.0 Å². The first kappa shape index (κ1) is 19.5. The molecular weight excluding hydrogens is 416 g/mol. The molecule has 150 valence electrons.